The fourth-order valence-corrected chi connectivity index (χ4v) is 2.18. The summed E-state index contributed by atoms with van der Waals surface area (Å²) in [5.41, 5.74) is 0. The van der Waals surface area contributed by atoms with Gasteiger partial charge in [0.1, 0.15) is 6.61 Å². The summed E-state index contributed by atoms with van der Waals surface area (Å²) in [7, 11) is 0. The van der Waals surface area contributed by atoms with E-state index in [1.165, 1.54) is 0 Å². The quantitative estimate of drug-likeness (QED) is 0.390. The van der Waals surface area contributed by atoms with Gasteiger partial charge in [0.05, 0.1) is 18.1 Å². The first-order valence-electron chi connectivity index (χ1n) is 5.15. The number of ether oxygens (including phenoxy) is 2. The van der Waals surface area contributed by atoms with Crippen molar-refractivity contribution in [3.8, 4) is 0 Å². The van der Waals surface area contributed by atoms with Crippen LogP contribution in [0.4, 0.5) is 0 Å². The van der Waals surface area contributed by atoms with Crippen LogP contribution < -0.4 is 0 Å². The lowest BCUT2D eigenvalue weighted by atomic mass is 9.80. The van der Waals surface area contributed by atoms with Crippen molar-refractivity contribution in [2.45, 2.75) is 32.0 Å². The highest BCUT2D eigenvalue weighted by atomic mass is 16.6. The van der Waals surface area contributed by atoms with Gasteiger partial charge in [0.15, 0.2) is 0 Å². The van der Waals surface area contributed by atoms with Crippen LogP contribution in [0.2, 0.25) is 0 Å². The Bertz CT molecular complexity index is 249. The second-order valence-electron chi connectivity index (χ2n) is 4.19. The summed E-state index contributed by atoms with van der Waals surface area (Å²) in [6.45, 7) is 5.93. The predicted molar refractivity (Wildman–Crippen MR) is 51.7 cm³/mol. The Labute approximate surface area is 84.1 Å². The molecule has 4 atom stereocenters. The second-order valence-corrected chi connectivity index (χ2v) is 4.19. The molecule has 3 heteroatoms. The third kappa shape index (κ3) is 1.82. The van der Waals surface area contributed by atoms with E-state index in [0.717, 1.165) is 12.8 Å². The van der Waals surface area contributed by atoms with Gasteiger partial charge in [-0.05, 0) is 18.8 Å². The molecule has 2 rings (SSSR count). The van der Waals surface area contributed by atoms with E-state index in [0.29, 0.717) is 24.7 Å². The largest absolute Gasteiger partial charge is 0.461 e. The standard InChI is InChI=1S/C11H16O3/c1-3-4-13-11(12)8-6-10-9(14-10)5-7(8)2/h3,7-10H,1,4-6H2,2H3/t7?,8?,9-,10+/m1/s1. The van der Waals surface area contributed by atoms with E-state index in [1.54, 1.807) is 6.08 Å². The molecule has 0 amide bonds. The summed E-state index contributed by atoms with van der Waals surface area (Å²) in [5, 5.41) is 0. The average Bonchev–Trinajstić information content (AvgIpc) is 2.90. The average molecular weight is 196 g/mol. The van der Waals surface area contributed by atoms with Gasteiger partial charge in [0, 0.05) is 0 Å². The van der Waals surface area contributed by atoms with Gasteiger partial charge in [-0.3, -0.25) is 4.79 Å². The molecule has 2 unspecified atom stereocenters. The highest BCUT2D eigenvalue weighted by molar-refractivity contribution is 5.73. The Hall–Kier alpha value is -0.830. The van der Waals surface area contributed by atoms with E-state index >= 15 is 0 Å². The number of esters is 1. The minimum absolute atomic E-state index is 0.0266. The van der Waals surface area contributed by atoms with Crippen molar-refractivity contribution in [3.05, 3.63) is 12.7 Å². The topological polar surface area (TPSA) is 38.8 Å². The van der Waals surface area contributed by atoms with Crippen LogP contribution in [0.5, 0.6) is 0 Å². The monoisotopic (exact) mass is 196 g/mol. The number of hydrogen-bond donors (Lipinski definition) is 0. The lowest BCUT2D eigenvalue weighted by Crippen LogP contribution is -2.30. The van der Waals surface area contributed by atoms with Crippen molar-refractivity contribution in [1.29, 1.82) is 0 Å². The van der Waals surface area contributed by atoms with E-state index in [4.69, 9.17) is 9.47 Å². The predicted octanol–water partition coefficient (Wildman–Crippen LogP) is 1.53. The van der Waals surface area contributed by atoms with Gasteiger partial charge in [-0.2, -0.15) is 0 Å². The molecule has 0 N–H and O–H groups in total. The van der Waals surface area contributed by atoms with Crippen LogP contribution in [-0.2, 0) is 14.3 Å². The molecule has 0 aromatic carbocycles. The molecule has 0 aromatic rings. The van der Waals surface area contributed by atoms with Gasteiger partial charge in [-0.25, -0.2) is 0 Å². The Morgan fingerprint density at radius 3 is 3.00 bits per heavy atom. The summed E-state index contributed by atoms with van der Waals surface area (Å²) in [5.74, 6) is 0.320. The first kappa shape index (κ1) is 9.71. The molecular formula is C11H16O3. The maximum absolute atomic E-state index is 11.6. The Morgan fingerprint density at radius 2 is 2.29 bits per heavy atom. The van der Waals surface area contributed by atoms with Crippen LogP contribution in [0.15, 0.2) is 12.7 Å². The fraction of sp³-hybridized carbons (Fsp3) is 0.727. The van der Waals surface area contributed by atoms with Crippen LogP contribution in [0, 0.1) is 11.8 Å². The summed E-state index contributed by atoms with van der Waals surface area (Å²) in [6, 6.07) is 0. The number of carbonyl (C=O) groups excluding carboxylic acids is 1. The van der Waals surface area contributed by atoms with E-state index in [1.807, 2.05) is 0 Å². The van der Waals surface area contributed by atoms with Crippen LogP contribution in [0.25, 0.3) is 0 Å². The van der Waals surface area contributed by atoms with Crippen molar-refractivity contribution in [2.24, 2.45) is 11.8 Å². The van der Waals surface area contributed by atoms with Crippen molar-refractivity contribution in [3.63, 3.8) is 0 Å². The van der Waals surface area contributed by atoms with Gasteiger partial charge in [0.2, 0.25) is 0 Å². The molecule has 3 nitrogen and oxygen atoms in total. The molecular weight excluding hydrogens is 180 g/mol. The normalized spacial score (nSPS) is 39.8. The zero-order chi connectivity index (χ0) is 10.1. The molecule has 14 heavy (non-hydrogen) atoms. The third-order valence-corrected chi connectivity index (χ3v) is 3.11. The molecule has 1 aliphatic heterocycles. The number of fused-ring (bicyclic) bond motifs is 1. The molecule has 0 bridgehead atoms. The van der Waals surface area contributed by atoms with Crippen LogP contribution in [-0.4, -0.2) is 24.8 Å². The molecule has 1 saturated heterocycles. The first-order valence-corrected chi connectivity index (χ1v) is 5.15. The van der Waals surface area contributed by atoms with Crippen LogP contribution >= 0.6 is 0 Å². The molecule has 0 spiro atoms. The first-order chi connectivity index (χ1) is 6.72. The fourth-order valence-electron chi connectivity index (χ4n) is 2.18. The van der Waals surface area contributed by atoms with E-state index in [9.17, 15) is 4.79 Å². The van der Waals surface area contributed by atoms with E-state index in [2.05, 4.69) is 13.5 Å². The number of hydrogen-bond acceptors (Lipinski definition) is 3. The molecule has 78 valence electrons. The minimum Gasteiger partial charge on any atom is -0.461 e. The molecule has 0 aromatic heterocycles. The van der Waals surface area contributed by atoms with Gasteiger partial charge in [-0.1, -0.05) is 19.6 Å². The Balaban J connectivity index is 1.88. The molecule has 1 heterocycles. The summed E-state index contributed by atoms with van der Waals surface area (Å²) in [4.78, 5) is 11.6. The van der Waals surface area contributed by atoms with Crippen molar-refractivity contribution >= 4 is 5.97 Å². The second kappa shape index (κ2) is 3.73. The summed E-state index contributed by atoms with van der Waals surface area (Å²) in [6.07, 6.45) is 4.18. The van der Waals surface area contributed by atoms with E-state index in [-0.39, 0.29) is 11.9 Å². The number of rotatable bonds is 3. The number of epoxide rings is 1. The molecule has 2 aliphatic rings. The summed E-state index contributed by atoms with van der Waals surface area (Å²) >= 11 is 0. The van der Waals surface area contributed by atoms with Gasteiger partial charge >= 0.3 is 5.97 Å². The molecule has 1 aliphatic carbocycles. The summed E-state index contributed by atoms with van der Waals surface area (Å²) < 4.78 is 10.5. The molecule has 2 fully saturated rings. The zero-order valence-electron chi connectivity index (χ0n) is 8.44. The Morgan fingerprint density at radius 1 is 1.57 bits per heavy atom. The van der Waals surface area contributed by atoms with Crippen molar-refractivity contribution < 1.29 is 14.3 Å². The van der Waals surface area contributed by atoms with Gasteiger partial charge in [-0.15, -0.1) is 0 Å². The molecule has 0 radical (unpaired) electrons. The highest BCUT2D eigenvalue weighted by Gasteiger charge is 2.49. The molecule has 1 saturated carbocycles. The van der Waals surface area contributed by atoms with Crippen molar-refractivity contribution in [1.82, 2.24) is 0 Å². The smallest absolute Gasteiger partial charge is 0.309 e. The van der Waals surface area contributed by atoms with E-state index < -0.39 is 0 Å². The zero-order valence-corrected chi connectivity index (χ0v) is 8.44. The van der Waals surface area contributed by atoms with Crippen molar-refractivity contribution in [2.75, 3.05) is 6.61 Å². The highest BCUT2D eigenvalue weighted by Crippen LogP contribution is 2.42. The SMILES string of the molecule is C=CCOC(=O)C1C[C@@H]2O[C@@H]2CC1C. The van der Waals surface area contributed by atoms with Crippen LogP contribution in [0.3, 0.4) is 0 Å². The van der Waals surface area contributed by atoms with Gasteiger partial charge < -0.3 is 9.47 Å². The lowest BCUT2D eigenvalue weighted by molar-refractivity contribution is -0.149. The third-order valence-electron chi connectivity index (χ3n) is 3.11. The maximum Gasteiger partial charge on any atom is 0.309 e. The maximum atomic E-state index is 11.6. The minimum atomic E-state index is -0.0913. The Kier molecular flexibility index (Phi) is 2.59. The van der Waals surface area contributed by atoms with Crippen LogP contribution in [0.1, 0.15) is 19.8 Å². The lowest BCUT2D eigenvalue weighted by Gasteiger charge is -2.23. The number of carbonyl (C=O) groups is 1. The van der Waals surface area contributed by atoms with Gasteiger partial charge in [0.25, 0.3) is 0 Å².